The van der Waals surface area contributed by atoms with Crippen molar-refractivity contribution >= 4 is 28.9 Å². The number of halogens is 1. The van der Waals surface area contributed by atoms with Gasteiger partial charge in [-0.2, -0.15) is 0 Å². The van der Waals surface area contributed by atoms with E-state index in [1.165, 1.54) is 37.5 Å². The first-order valence-electron chi connectivity index (χ1n) is 8.89. The smallest absolute Gasteiger partial charge is 0.349 e. The molecule has 3 rings (SSSR count). The molecular formula is C22H20FNO4S. The van der Waals surface area contributed by atoms with E-state index in [1.54, 1.807) is 36.4 Å². The molecule has 0 spiro atoms. The summed E-state index contributed by atoms with van der Waals surface area (Å²) in [4.78, 5) is 26.0. The van der Waals surface area contributed by atoms with Gasteiger partial charge >= 0.3 is 5.97 Å². The average Bonchev–Trinajstić information content (AvgIpc) is 3.19. The van der Waals surface area contributed by atoms with Crippen LogP contribution in [-0.2, 0) is 9.53 Å². The summed E-state index contributed by atoms with van der Waals surface area (Å²) < 4.78 is 23.6. The Labute approximate surface area is 172 Å². The molecule has 29 heavy (non-hydrogen) atoms. The molecule has 0 saturated heterocycles. The number of rotatable bonds is 6. The maximum absolute atomic E-state index is 13.1. The van der Waals surface area contributed by atoms with Crippen molar-refractivity contribution in [1.82, 2.24) is 0 Å². The van der Waals surface area contributed by atoms with Crippen molar-refractivity contribution in [2.24, 2.45) is 0 Å². The number of nitrogens with one attached hydrogen (secondary N) is 1. The summed E-state index contributed by atoms with van der Waals surface area (Å²) >= 11 is 1.22. The van der Waals surface area contributed by atoms with Crippen LogP contribution in [-0.4, -0.2) is 25.1 Å². The predicted molar refractivity (Wildman–Crippen MR) is 111 cm³/mol. The largest absolute Gasteiger partial charge is 0.495 e. The Morgan fingerprint density at radius 2 is 1.79 bits per heavy atom. The van der Waals surface area contributed by atoms with Crippen LogP contribution in [0.15, 0.2) is 54.6 Å². The van der Waals surface area contributed by atoms with Crippen LogP contribution in [0.25, 0.3) is 10.4 Å². The van der Waals surface area contributed by atoms with Crippen LogP contribution >= 0.6 is 11.3 Å². The molecule has 1 aromatic heterocycles. The van der Waals surface area contributed by atoms with Crippen LogP contribution in [0.4, 0.5) is 10.1 Å². The van der Waals surface area contributed by atoms with E-state index < -0.39 is 18.0 Å². The van der Waals surface area contributed by atoms with Gasteiger partial charge in [0, 0.05) is 4.88 Å². The molecule has 150 valence electrons. The molecule has 0 unspecified atom stereocenters. The minimum atomic E-state index is -0.996. The van der Waals surface area contributed by atoms with Crippen molar-refractivity contribution in [3.05, 3.63) is 70.9 Å². The number of carbonyl (C=O) groups is 2. The molecule has 0 aliphatic heterocycles. The van der Waals surface area contributed by atoms with Crippen LogP contribution < -0.4 is 10.1 Å². The molecule has 3 aromatic rings. The lowest BCUT2D eigenvalue weighted by Gasteiger charge is -2.15. The minimum absolute atomic E-state index is 0.324. The molecule has 0 bridgehead atoms. The number of thiophene rings is 1. The van der Waals surface area contributed by atoms with Gasteiger partial charge < -0.3 is 14.8 Å². The van der Waals surface area contributed by atoms with Gasteiger partial charge in [-0.1, -0.05) is 18.2 Å². The zero-order valence-corrected chi connectivity index (χ0v) is 17.0. The van der Waals surface area contributed by atoms with Crippen LogP contribution in [0, 0.1) is 12.7 Å². The Morgan fingerprint density at radius 1 is 1.07 bits per heavy atom. The molecule has 5 nitrogen and oxygen atoms in total. The van der Waals surface area contributed by atoms with E-state index in [4.69, 9.17) is 9.47 Å². The number of amides is 1. The number of hydrogen-bond acceptors (Lipinski definition) is 5. The van der Waals surface area contributed by atoms with Gasteiger partial charge in [-0.25, -0.2) is 9.18 Å². The minimum Gasteiger partial charge on any atom is -0.495 e. The summed E-state index contributed by atoms with van der Waals surface area (Å²) in [5.74, 6) is -0.862. The monoisotopic (exact) mass is 413 g/mol. The lowest BCUT2D eigenvalue weighted by atomic mass is 10.2. The Hall–Kier alpha value is -3.19. The highest BCUT2D eigenvalue weighted by Gasteiger charge is 2.21. The van der Waals surface area contributed by atoms with Crippen molar-refractivity contribution < 1.29 is 23.5 Å². The number of carbonyl (C=O) groups excluding carboxylic acids is 2. The van der Waals surface area contributed by atoms with E-state index in [0.717, 1.165) is 16.0 Å². The van der Waals surface area contributed by atoms with E-state index in [0.29, 0.717) is 16.3 Å². The first-order valence-corrected chi connectivity index (χ1v) is 9.71. The first-order chi connectivity index (χ1) is 13.9. The van der Waals surface area contributed by atoms with E-state index in [2.05, 4.69) is 5.32 Å². The van der Waals surface area contributed by atoms with E-state index in [1.807, 2.05) is 13.0 Å². The van der Waals surface area contributed by atoms with Gasteiger partial charge in [0.2, 0.25) is 0 Å². The molecule has 2 aromatic carbocycles. The van der Waals surface area contributed by atoms with Gasteiger partial charge in [0.25, 0.3) is 5.91 Å². The first kappa shape index (κ1) is 20.5. The molecule has 1 atom stereocenters. The van der Waals surface area contributed by atoms with E-state index in [9.17, 15) is 14.0 Å². The molecule has 7 heteroatoms. The molecule has 1 N–H and O–H groups in total. The third kappa shape index (κ3) is 5.00. The lowest BCUT2D eigenvalue weighted by Crippen LogP contribution is -2.30. The number of aryl methyl sites for hydroxylation is 1. The summed E-state index contributed by atoms with van der Waals surface area (Å²) in [5.41, 5.74) is 2.26. The summed E-state index contributed by atoms with van der Waals surface area (Å²) in [6.45, 7) is 3.40. The Bertz CT molecular complexity index is 1030. The fourth-order valence-corrected chi connectivity index (χ4v) is 3.54. The van der Waals surface area contributed by atoms with Gasteiger partial charge in [0.15, 0.2) is 6.10 Å². The van der Waals surface area contributed by atoms with Crippen molar-refractivity contribution in [3.63, 3.8) is 0 Å². The topological polar surface area (TPSA) is 64.6 Å². The van der Waals surface area contributed by atoms with Crippen molar-refractivity contribution in [2.45, 2.75) is 20.0 Å². The number of methoxy groups -OCH3 is 1. The van der Waals surface area contributed by atoms with Gasteiger partial charge in [0.1, 0.15) is 16.4 Å². The fourth-order valence-electron chi connectivity index (χ4n) is 2.64. The zero-order valence-electron chi connectivity index (χ0n) is 16.2. The van der Waals surface area contributed by atoms with Crippen LogP contribution in [0.1, 0.15) is 22.2 Å². The van der Waals surface area contributed by atoms with E-state index >= 15 is 0 Å². The summed E-state index contributed by atoms with van der Waals surface area (Å²) in [7, 11) is 1.51. The quantitative estimate of drug-likeness (QED) is 0.574. The molecule has 0 aliphatic carbocycles. The SMILES string of the molecule is COc1ccc(C)cc1NC(=O)[C@@H](C)OC(=O)c1ccc(-c2ccc(F)cc2)s1. The maximum atomic E-state index is 13.1. The molecule has 0 radical (unpaired) electrons. The van der Waals surface area contributed by atoms with Crippen LogP contribution in [0.2, 0.25) is 0 Å². The number of benzene rings is 2. The Balaban J connectivity index is 1.65. The second-order valence-corrected chi connectivity index (χ2v) is 7.50. The summed E-state index contributed by atoms with van der Waals surface area (Å²) in [6.07, 6.45) is -0.996. The average molecular weight is 413 g/mol. The molecule has 0 saturated carbocycles. The standard InChI is InChI=1S/C22H20FNO4S/c1-13-4-9-18(27-3)17(12-13)24-21(25)14(2)28-22(26)20-11-10-19(29-20)15-5-7-16(23)8-6-15/h4-12,14H,1-3H3,(H,24,25)/t14-/m1/s1. The number of esters is 1. The third-order valence-corrected chi connectivity index (χ3v) is 5.32. The predicted octanol–water partition coefficient (Wildman–Crippen LogP) is 5.06. The summed E-state index contributed by atoms with van der Waals surface area (Å²) in [5, 5.41) is 2.72. The zero-order chi connectivity index (χ0) is 21.0. The second kappa shape index (κ2) is 8.87. The van der Waals surface area contributed by atoms with Crippen molar-refractivity contribution in [2.75, 3.05) is 12.4 Å². The van der Waals surface area contributed by atoms with Gasteiger partial charge in [-0.15, -0.1) is 11.3 Å². The fraction of sp³-hybridized carbons (Fsp3) is 0.182. The molecular weight excluding hydrogens is 393 g/mol. The number of anilines is 1. The van der Waals surface area contributed by atoms with Crippen LogP contribution in [0.5, 0.6) is 5.75 Å². The lowest BCUT2D eigenvalue weighted by molar-refractivity contribution is -0.123. The normalized spacial score (nSPS) is 11.6. The van der Waals surface area contributed by atoms with Gasteiger partial charge in [-0.05, 0) is 61.4 Å². The molecule has 0 fully saturated rings. The van der Waals surface area contributed by atoms with Crippen LogP contribution in [0.3, 0.4) is 0 Å². The Kier molecular flexibility index (Phi) is 6.29. The highest BCUT2D eigenvalue weighted by Crippen LogP contribution is 2.29. The third-order valence-electron chi connectivity index (χ3n) is 4.20. The highest BCUT2D eigenvalue weighted by molar-refractivity contribution is 7.17. The van der Waals surface area contributed by atoms with E-state index in [-0.39, 0.29) is 5.82 Å². The number of ether oxygens (including phenoxy) is 2. The second-order valence-electron chi connectivity index (χ2n) is 6.41. The van der Waals surface area contributed by atoms with Gasteiger partial charge in [-0.3, -0.25) is 4.79 Å². The number of hydrogen-bond donors (Lipinski definition) is 1. The molecule has 1 amide bonds. The molecule has 1 heterocycles. The summed E-state index contributed by atoms with van der Waals surface area (Å²) in [6, 6.07) is 14.8. The maximum Gasteiger partial charge on any atom is 0.349 e. The molecule has 0 aliphatic rings. The van der Waals surface area contributed by atoms with Gasteiger partial charge in [0.05, 0.1) is 12.8 Å². The van der Waals surface area contributed by atoms with Crippen molar-refractivity contribution in [1.29, 1.82) is 0 Å². The Morgan fingerprint density at radius 3 is 2.48 bits per heavy atom. The highest BCUT2D eigenvalue weighted by atomic mass is 32.1. The van der Waals surface area contributed by atoms with Crippen molar-refractivity contribution in [3.8, 4) is 16.2 Å².